The molecule has 0 saturated carbocycles. The summed E-state index contributed by atoms with van der Waals surface area (Å²) in [7, 11) is 0. The lowest BCUT2D eigenvalue weighted by molar-refractivity contribution is 0.251. The number of carbonyl (C=O) groups excluding carboxylic acids is 1. The minimum atomic E-state index is -0.393. The summed E-state index contributed by atoms with van der Waals surface area (Å²) < 4.78 is 5.40. The summed E-state index contributed by atoms with van der Waals surface area (Å²) in [5, 5.41) is 6.05. The van der Waals surface area contributed by atoms with E-state index in [2.05, 4.69) is 15.6 Å². The molecule has 116 valence electrons. The van der Waals surface area contributed by atoms with Crippen molar-refractivity contribution in [3.05, 3.63) is 52.1 Å². The van der Waals surface area contributed by atoms with Gasteiger partial charge < -0.3 is 15.4 Å². The zero-order chi connectivity index (χ0) is 15.9. The lowest BCUT2D eigenvalue weighted by atomic mass is 10.2. The molecule has 0 radical (unpaired) electrons. The van der Waals surface area contributed by atoms with Gasteiger partial charge in [-0.3, -0.25) is 0 Å². The molecule has 0 atom stereocenters. The first-order valence-electron chi connectivity index (χ1n) is 6.67. The lowest BCUT2D eigenvalue weighted by Crippen LogP contribution is -2.28. The maximum Gasteiger partial charge on any atom is 0.319 e. The molecule has 0 bridgehead atoms. The Morgan fingerprint density at radius 1 is 1.27 bits per heavy atom. The fourth-order valence-electron chi connectivity index (χ4n) is 1.77. The summed E-state index contributed by atoms with van der Waals surface area (Å²) in [6.07, 6.45) is 1.64. The Kier molecular flexibility index (Phi) is 5.86. The van der Waals surface area contributed by atoms with Crippen LogP contribution in [-0.2, 0) is 6.54 Å². The third-order valence-electron chi connectivity index (χ3n) is 2.77. The Morgan fingerprint density at radius 2 is 2.09 bits per heavy atom. The van der Waals surface area contributed by atoms with Gasteiger partial charge in [0, 0.05) is 18.3 Å². The molecule has 0 saturated heterocycles. The molecular weight excluding hydrogens is 325 g/mol. The van der Waals surface area contributed by atoms with Gasteiger partial charge >= 0.3 is 6.03 Å². The van der Waals surface area contributed by atoms with Gasteiger partial charge in [0.05, 0.1) is 22.3 Å². The monoisotopic (exact) mass is 339 g/mol. The van der Waals surface area contributed by atoms with Gasteiger partial charge in [-0.05, 0) is 25.1 Å². The Bertz CT molecular complexity index is 665. The van der Waals surface area contributed by atoms with Gasteiger partial charge in [0.25, 0.3) is 0 Å². The molecule has 5 nitrogen and oxygen atoms in total. The van der Waals surface area contributed by atoms with Crippen LogP contribution in [0.15, 0.2) is 36.5 Å². The number of anilines is 1. The SMILES string of the molecule is CCOc1ncccc1CNC(=O)Nc1cccc(Cl)c1Cl. The van der Waals surface area contributed by atoms with E-state index in [1.54, 1.807) is 30.5 Å². The minimum Gasteiger partial charge on any atom is -0.478 e. The van der Waals surface area contributed by atoms with Gasteiger partial charge in [-0.25, -0.2) is 9.78 Å². The van der Waals surface area contributed by atoms with Crippen molar-refractivity contribution in [2.45, 2.75) is 13.5 Å². The molecular formula is C15H15Cl2N3O2. The van der Waals surface area contributed by atoms with E-state index in [1.165, 1.54) is 0 Å². The molecule has 2 N–H and O–H groups in total. The number of hydrogen-bond donors (Lipinski definition) is 2. The first-order chi connectivity index (χ1) is 10.6. The fraction of sp³-hybridized carbons (Fsp3) is 0.200. The fourth-order valence-corrected chi connectivity index (χ4v) is 2.12. The summed E-state index contributed by atoms with van der Waals surface area (Å²) in [6.45, 7) is 2.67. The van der Waals surface area contributed by atoms with E-state index in [1.807, 2.05) is 13.0 Å². The maximum atomic E-state index is 11.9. The normalized spacial score (nSPS) is 10.1. The molecule has 0 fully saturated rings. The van der Waals surface area contributed by atoms with E-state index >= 15 is 0 Å². The van der Waals surface area contributed by atoms with Crippen LogP contribution in [-0.4, -0.2) is 17.6 Å². The summed E-state index contributed by atoms with van der Waals surface area (Å²) in [5.74, 6) is 0.506. The van der Waals surface area contributed by atoms with Crippen molar-refractivity contribution in [3.8, 4) is 5.88 Å². The quantitative estimate of drug-likeness (QED) is 0.861. The van der Waals surface area contributed by atoms with E-state index in [-0.39, 0.29) is 6.54 Å². The topological polar surface area (TPSA) is 63.2 Å². The summed E-state index contributed by atoms with van der Waals surface area (Å²) in [5.41, 5.74) is 1.24. The number of urea groups is 1. The van der Waals surface area contributed by atoms with Crippen LogP contribution in [0.5, 0.6) is 5.88 Å². The molecule has 2 rings (SSSR count). The van der Waals surface area contributed by atoms with Crippen LogP contribution < -0.4 is 15.4 Å². The van der Waals surface area contributed by atoms with Gasteiger partial charge in [-0.1, -0.05) is 35.3 Å². The van der Waals surface area contributed by atoms with Crippen molar-refractivity contribution in [2.24, 2.45) is 0 Å². The van der Waals surface area contributed by atoms with E-state index < -0.39 is 6.03 Å². The van der Waals surface area contributed by atoms with Crippen LogP contribution in [0.3, 0.4) is 0 Å². The average Bonchev–Trinajstić information content (AvgIpc) is 2.51. The number of nitrogens with one attached hydrogen (secondary N) is 2. The third-order valence-corrected chi connectivity index (χ3v) is 3.59. The zero-order valence-electron chi connectivity index (χ0n) is 11.9. The molecule has 0 aliphatic rings. The summed E-state index contributed by atoms with van der Waals surface area (Å²) >= 11 is 11.9. The number of halogens is 2. The summed E-state index contributed by atoms with van der Waals surface area (Å²) in [4.78, 5) is 16.1. The third kappa shape index (κ3) is 4.26. The second kappa shape index (κ2) is 7.87. The lowest BCUT2D eigenvalue weighted by Gasteiger charge is -2.11. The molecule has 0 aliphatic heterocycles. The van der Waals surface area contributed by atoms with Crippen LogP contribution in [0.1, 0.15) is 12.5 Å². The number of ether oxygens (including phenoxy) is 1. The van der Waals surface area contributed by atoms with Crippen molar-refractivity contribution < 1.29 is 9.53 Å². The number of hydrogen-bond acceptors (Lipinski definition) is 3. The number of pyridine rings is 1. The molecule has 7 heteroatoms. The Balaban J connectivity index is 1.97. The molecule has 0 spiro atoms. The Hall–Kier alpha value is -1.98. The van der Waals surface area contributed by atoms with Crippen molar-refractivity contribution in [1.82, 2.24) is 10.3 Å². The smallest absolute Gasteiger partial charge is 0.319 e. The highest BCUT2D eigenvalue weighted by Gasteiger charge is 2.09. The predicted molar refractivity (Wildman–Crippen MR) is 87.7 cm³/mol. The molecule has 2 aromatic rings. The van der Waals surface area contributed by atoms with Crippen molar-refractivity contribution >= 4 is 34.9 Å². The average molecular weight is 340 g/mol. The Labute approximate surface area is 138 Å². The molecule has 1 heterocycles. The minimum absolute atomic E-state index is 0.285. The zero-order valence-corrected chi connectivity index (χ0v) is 13.4. The van der Waals surface area contributed by atoms with Crippen LogP contribution >= 0.6 is 23.2 Å². The standard InChI is InChI=1S/C15H15Cl2N3O2/c1-2-22-14-10(5-4-8-18-14)9-19-15(21)20-12-7-3-6-11(16)13(12)17/h3-8H,2,9H2,1H3,(H2,19,20,21). The molecule has 1 aromatic carbocycles. The van der Waals surface area contributed by atoms with E-state index in [0.29, 0.717) is 28.2 Å². The van der Waals surface area contributed by atoms with Crippen LogP contribution in [0, 0.1) is 0 Å². The highest BCUT2D eigenvalue weighted by molar-refractivity contribution is 6.43. The largest absolute Gasteiger partial charge is 0.478 e. The van der Waals surface area contributed by atoms with Crippen molar-refractivity contribution in [2.75, 3.05) is 11.9 Å². The Morgan fingerprint density at radius 3 is 2.86 bits per heavy atom. The first-order valence-corrected chi connectivity index (χ1v) is 7.43. The van der Waals surface area contributed by atoms with Gasteiger partial charge in [0.2, 0.25) is 5.88 Å². The number of carbonyl (C=O) groups is 1. The number of aromatic nitrogens is 1. The van der Waals surface area contributed by atoms with E-state index in [0.717, 1.165) is 5.56 Å². The van der Waals surface area contributed by atoms with Gasteiger partial charge in [-0.2, -0.15) is 0 Å². The molecule has 0 aliphatic carbocycles. The second-order valence-electron chi connectivity index (χ2n) is 4.31. The van der Waals surface area contributed by atoms with Crippen LogP contribution in [0.4, 0.5) is 10.5 Å². The predicted octanol–water partition coefficient (Wildman–Crippen LogP) is 4.11. The van der Waals surface area contributed by atoms with E-state index in [9.17, 15) is 4.79 Å². The first kappa shape index (κ1) is 16.4. The summed E-state index contributed by atoms with van der Waals surface area (Å²) in [6, 6.07) is 8.25. The number of amides is 2. The number of rotatable bonds is 5. The molecule has 1 aromatic heterocycles. The van der Waals surface area contributed by atoms with Gasteiger partial charge in [0.1, 0.15) is 0 Å². The van der Waals surface area contributed by atoms with Gasteiger partial charge in [-0.15, -0.1) is 0 Å². The number of nitrogens with zero attached hydrogens (tertiary/aromatic N) is 1. The van der Waals surface area contributed by atoms with E-state index in [4.69, 9.17) is 27.9 Å². The maximum absolute atomic E-state index is 11.9. The molecule has 0 unspecified atom stereocenters. The van der Waals surface area contributed by atoms with Crippen LogP contribution in [0.2, 0.25) is 10.0 Å². The number of benzene rings is 1. The highest BCUT2D eigenvalue weighted by atomic mass is 35.5. The van der Waals surface area contributed by atoms with Crippen molar-refractivity contribution in [3.63, 3.8) is 0 Å². The second-order valence-corrected chi connectivity index (χ2v) is 5.09. The molecule has 2 amide bonds. The van der Waals surface area contributed by atoms with Gasteiger partial charge in [0.15, 0.2) is 0 Å². The highest BCUT2D eigenvalue weighted by Crippen LogP contribution is 2.29. The van der Waals surface area contributed by atoms with Crippen LogP contribution in [0.25, 0.3) is 0 Å². The molecule has 22 heavy (non-hydrogen) atoms. The van der Waals surface area contributed by atoms with Crippen molar-refractivity contribution in [1.29, 1.82) is 0 Å².